The van der Waals surface area contributed by atoms with Gasteiger partial charge in [0.05, 0.1) is 23.9 Å². The van der Waals surface area contributed by atoms with Gasteiger partial charge in [0.25, 0.3) is 11.8 Å². The number of carbonyl (C=O) groups excluding carboxylic acids is 4. The molecule has 4 amide bonds. The molecule has 2 heterocycles. The normalized spacial score (nSPS) is 14.1. The number of nitrogens with zero attached hydrogens (tertiary/aromatic N) is 1. The molecule has 0 saturated heterocycles. The number of amides is 4. The molecule has 8 heteroatoms. The topological polar surface area (TPSA) is 109 Å². The second-order valence-electron chi connectivity index (χ2n) is 5.83. The maximum absolute atomic E-state index is 12.2. The molecule has 134 valence electrons. The van der Waals surface area contributed by atoms with Gasteiger partial charge in [0.2, 0.25) is 11.8 Å². The summed E-state index contributed by atoms with van der Waals surface area (Å²) in [5, 5.41) is 5.10. The van der Waals surface area contributed by atoms with E-state index in [1.165, 1.54) is 25.3 Å². The van der Waals surface area contributed by atoms with Crippen LogP contribution in [0.4, 0.5) is 0 Å². The molecule has 0 aliphatic carbocycles. The minimum Gasteiger partial charge on any atom is -0.467 e. The van der Waals surface area contributed by atoms with E-state index in [-0.39, 0.29) is 17.7 Å². The molecule has 0 bridgehead atoms. The van der Waals surface area contributed by atoms with Gasteiger partial charge in [0, 0.05) is 0 Å². The molecule has 0 spiro atoms. The molecule has 1 atom stereocenters. The predicted octanol–water partition coefficient (Wildman–Crippen LogP) is 0.697. The number of carbonyl (C=O) groups is 4. The van der Waals surface area contributed by atoms with Gasteiger partial charge in [-0.2, -0.15) is 0 Å². The Morgan fingerprint density at radius 2 is 1.73 bits per heavy atom. The summed E-state index contributed by atoms with van der Waals surface area (Å²) in [7, 11) is 0. The number of benzene rings is 1. The standard InChI is InChI=1S/C18H17N3O5/c1-11(16(23)19-9-12-5-4-8-26-12)20-15(22)10-21-17(24)13-6-2-3-7-14(13)18(21)25/h2-8,11H,9-10H2,1H3,(H,19,23)(H,20,22)/t11-/m1/s1. The summed E-state index contributed by atoms with van der Waals surface area (Å²) in [6.45, 7) is 1.27. The molecule has 0 unspecified atom stereocenters. The lowest BCUT2D eigenvalue weighted by atomic mass is 10.1. The van der Waals surface area contributed by atoms with Crippen molar-refractivity contribution in [3.8, 4) is 0 Å². The van der Waals surface area contributed by atoms with Crippen molar-refractivity contribution in [1.82, 2.24) is 15.5 Å². The molecule has 8 nitrogen and oxygen atoms in total. The van der Waals surface area contributed by atoms with Crippen LogP contribution in [0.3, 0.4) is 0 Å². The van der Waals surface area contributed by atoms with E-state index in [4.69, 9.17) is 4.42 Å². The molecule has 0 saturated carbocycles. The van der Waals surface area contributed by atoms with Crippen LogP contribution in [0, 0.1) is 0 Å². The zero-order valence-corrected chi connectivity index (χ0v) is 14.0. The van der Waals surface area contributed by atoms with Crippen LogP contribution >= 0.6 is 0 Å². The van der Waals surface area contributed by atoms with Crippen LogP contribution in [0.2, 0.25) is 0 Å². The van der Waals surface area contributed by atoms with Gasteiger partial charge in [0.15, 0.2) is 0 Å². The quantitative estimate of drug-likeness (QED) is 0.742. The Morgan fingerprint density at radius 1 is 1.08 bits per heavy atom. The fourth-order valence-corrected chi connectivity index (χ4v) is 2.62. The molecular weight excluding hydrogens is 338 g/mol. The fraction of sp³-hybridized carbons (Fsp3) is 0.222. The van der Waals surface area contributed by atoms with Gasteiger partial charge in [-0.05, 0) is 31.2 Å². The van der Waals surface area contributed by atoms with Gasteiger partial charge in [-0.15, -0.1) is 0 Å². The number of rotatable bonds is 6. The van der Waals surface area contributed by atoms with Crippen molar-refractivity contribution in [2.24, 2.45) is 0 Å². The molecule has 26 heavy (non-hydrogen) atoms. The van der Waals surface area contributed by atoms with E-state index < -0.39 is 36.2 Å². The van der Waals surface area contributed by atoms with Crippen LogP contribution in [0.25, 0.3) is 0 Å². The highest BCUT2D eigenvalue weighted by molar-refractivity contribution is 6.22. The zero-order chi connectivity index (χ0) is 18.7. The van der Waals surface area contributed by atoms with Crippen LogP contribution in [-0.2, 0) is 16.1 Å². The number of hydrogen-bond acceptors (Lipinski definition) is 5. The van der Waals surface area contributed by atoms with Crippen molar-refractivity contribution in [2.45, 2.75) is 19.5 Å². The van der Waals surface area contributed by atoms with Gasteiger partial charge in [0.1, 0.15) is 18.3 Å². The van der Waals surface area contributed by atoms with Crippen LogP contribution in [0.15, 0.2) is 47.1 Å². The maximum Gasteiger partial charge on any atom is 0.262 e. The molecule has 1 aromatic heterocycles. The molecule has 1 aliphatic rings. The highest BCUT2D eigenvalue weighted by Gasteiger charge is 2.36. The predicted molar refractivity (Wildman–Crippen MR) is 90.0 cm³/mol. The Kier molecular flexibility index (Phi) is 4.83. The van der Waals surface area contributed by atoms with Crippen molar-refractivity contribution in [1.29, 1.82) is 0 Å². The summed E-state index contributed by atoms with van der Waals surface area (Å²) in [5.41, 5.74) is 0.545. The first-order valence-corrected chi connectivity index (χ1v) is 8.02. The molecule has 2 N–H and O–H groups in total. The Hall–Kier alpha value is -3.42. The van der Waals surface area contributed by atoms with Crippen LogP contribution in [0.1, 0.15) is 33.4 Å². The SMILES string of the molecule is C[C@@H](NC(=O)CN1C(=O)c2ccccc2C1=O)C(=O)NCc1ccco1. The molecule has 2 aromatic rings. The monoisotopic (exact) mass is 355 g/mol. The number of fused-ring (bicyclic) bond motifs is 1. The van der Waals surface area contributed by atoms with Gasteiger partial charge >= 0.3 is 0 Å². The van der Waals surface area contributed by atoms with Crippen molar-refractivity contribution in [3.63, 3.8) is 0 Å². The Labute approximate surface area is 149 Å². The van der Waals surface area contributed by atoms with E-state index in [2.05, 4.69) is 10.6 Å². The van der Waals surface area contributed by atoms with Crippen LogP contribution in [-0.4, -0.2) is 41.1 Å². The van der Waals surface area contributed by atoms with Crippen molar-refractivity contribution in [3.05, 3.63) is 59.5 Å². The second-order valence-corrected chi connectivity index (χ2v) is 5.83. The smallest absolute Gasteiger partial charge is 0.262 e. The first-order valence-electron chi connectivity index (χ1n) is 8.02. The van der Waals surface area contributed by atoms with E-state index in [1.807, 2.05) is 0 Å². The summed E-state index contributed by atoms with van der Waals surface area (Å²) >= 11 is 0. The number of nitrogens with one attached hydrogen (secondary N) is 2. The third kappa shape index (κ3) is 3.49. The van der Waals surface area contributed by atoms with Crippen molar-refractivity contribution < 1.29 is 23.6 Å². The van der Waals surface area contributed by atoms with Gasteiger partial charge in [-0.25, -0.2) is 0 Å². The highest BCUT2D eigenvalue weighted by atomic mass is 16.3. The number of furan rings is 1. The van der Waals surface area contributed by atoms with Crippen molar-refractivity contribution in [2.75, 3.05) is 6.54 Å². The Morgan fingerprint density at radius 3 is 2.31 bits per heavy atom. The van der Waals surface area contributed by atoms with Gasteiger partial charge < -0.3 is 15.1 Å². The minimum absolute atomic E-state index is 0.199. The number of imide groups is 1. The first kappa shape index (κ1) is 17.4. The van der Waals surface area contributed by atoms with Gasteiger partial charge in [-0.3, -0.25) is 24.1 Å². The third-order valence-corrected chi connectivity index (χ3v) is 3.97. The van der Waals surface area contributed by atoms with E-state index in [0.29, 0.717) is 5.76 Å². The van der Waals surface area contributed by atoms with Gasteiger partial charge in [-0.1, -0.05) is 12.1 Å². The largest absolute Gasteiger partial charge is 0.467 e. The lowest BCUT2D eigenvalue weighted by Crippen LogP contribution is -2.48. The molecule has 1 aromatic carbocycles. The van der Waals surface area contributed by atoms with E-state index in [1.54, 1.807) is 24.3 Å². The van der Waals surface area contributed by atoms with E-state index >= 15 is 0 Å². The molecule has 1 aliphatic heterocycles. The first-order chi connectivity index (χ1) is 12.5. The third-order valence-electron chi connectivity index (χ3n) is 3.97. The highest BCUT2D eigenvalue weighted by Crippen LogP contribution is 2.21. The summed E-state index contributed by atoms with van der Waals surface area (Å²) < 4.78 is 5.10. The molecule has 0 radical (unpaired) electrons. The average Bonchev–Trinajstić information content (AvgIpc) is 3.23. The van der Waals surface area contributed by atoms with Crippen LogP contribution in [0.5, 0.6) is 0 Å². The lowest BCUT2D eigenvalue weighted by Gasteiger charge is -2.17. The molecular formula is C18H17N3O5. The molecule has 3 rings (SSSR count). The van der Waals surface area contributed by atoms with Crippen LogP contribution < -0.4 is 10.6 Å². The van der Waals surface area contributed by atoms with E-state index in [9.17, 15) is 19.2 Å². The lowest BCUT2D eigenvalue weighted by molar-refractivity contribution is -0.128. The Balaban J connectivity index is 1.53. The van der Waals surface area contributed by atoms with E-state index in [0.717, 1.165) is 4.90 Å². The summed E-state index contributed by atoms with van der Waals surface area (Å²) in [4.78, 5) is 49.5. The average molecular weight is 355 g/mol. The Bertz CT molecular complexity index is 824. The number of hydrogen-bond donors (Lipinski definition) is 2. The fourth-order valence-electron chi connectivity index (χ4n) is 2.62. The summed E-state index contributed by atoms with van der Waals surface area (Å²) in [5.74, 6) is -1.45. The zero-order valence-electron chi connectivity index (χ0n) is 14.0. The van der Waals surface area contributed by atoms with Crippen molar-refractivity contribution >= 4 is 23.6 Å². The minimum atomic E-state index is -0.826. The second kappa shape index (κ2) is 7.22. The summed E-state index contributed by atoms with van der Waals surface area (Å²) in [6.07, 6.45) is 1.49. The molecule has 0 fully saturated rings. The summed E-state index contributed by atoms with van der Waals surface area (Å²) in [6, 6.07) is 8.97. The maximum atomic E-state index is 12.2.